The molecule has 0 radical (unpaired) electrons. The second kappa shape index (κ2) is 9.73. The van der Waals surface area contributed by atoms with E-state index in [-0.39, 0.29) is 16.8 Å². The van der Waals surface area contributed by atoms with Gasteiger partial charge in [-0.1, -0.05) is 24.6 Å². The molecule has 1 aliphatic heterocycles. The summed E-state index contributed by atoms with van der Waals surface area (Å²) in [4.78, 5) is 12.9. The molecule has 1 fully saturated rings. The number of hydrogen-bond donors (Lipinski definition) is 3. The molecule has 0 aliphatic carbocycles. The number of hydrogen-bond acceptors (Lipinski definition) is 5. The summed E-state index contributed by atoms with van der Waals surface area (Å²) >= 11 is 1.59. The summed E-state index contributed by atoms with van der Waals surface area (Å²) < 4.78 is 27.9. The third kappa shape index (κ3) is 5.97. The lowest BCUT2D eigenvalue weighted by molar-refractivity contribution is -0.124. The maximum Gasteiger partial charge on any atom is 0.241 e. The molecule has 1 amide bonds. The van der Waals surface area contributed by atoms with Crippen molar-refractivity contribution in [1.82, 2.24) is 15.4 Å². The van der Waals surface area contributed by atoms with Crippen LogP contribution in [0.3, 0.4) is 0 Å². The summed E-state index contributed by atoms with van der Waals surface area (Å²) in [5.74, 6) is 0.784. The third-order valence-corrected chi connectivity index (χ3v) is 6.80. The third-order valence-electron chi connectivity index (χ3n) is 4.67. The second-order valence-corrected chi connectivity index (χ2v) is 9.55. The van der Waals surface area contributed by atoms with E-state index in [0.717, 1.165) is 25.1 Å². The molecule has 8 heteroatoms. The molecule has 3 atom stereocenters. The number of rotatable bonds is 8. The van der Waals surface area contributed by atoms with E-state index in [0.29, 0.717) is 18.1 Å². The molecule has 26 heavy (non-hydrogen) atoms. The van der Waals surface area contributed by atoms with Gasteiger partial charge in [0.1, 0.15) is 6.04 Å². The maximum absolute atomic E-state index is 12.8. The van der Waals surface area contributed by atoms with Gasteiger partial charge in [-0.2, -0.15) is 16.5 Å². The van der Waals surface area contributed by atoms with Crippen LogP contribution in [0.25, 0.3) is 0 Å². The summed E-state index contributed by atoms with van der Waals surface area (Å²) in [6.07, 6.45) is 3.25. The Bertz CT molecular complexity index is 692. The highest BCUT2D eigenvalue weighted by Gasteiger charge is 2.29. The molecule has 146 valence electrons. The van der Waals surface area contributed by atoms with E-state index in [1.54, 1.807) is 36.0 Å². The van der Waals surface area contributed by atoms with Gasteiger partial charge in [0.2, 0.25) is 15.9 Å². The van der Waals surface area contributed by atoms with Crippen LogP contribution < -0.4 is 15.4 Å². The summed E-state index contributed by atoms with van der Waals surface area (Å²) in [6, 6.07) is 5.94. The Hall–Kier alpha value is -1.09. The fourth-order valence-electron chi connectivity index (χ4n) is 2.96. The fourth-order valence-corrected chi connectivity index (χ4v) is 4.67. The normalized spacial score (nSPS) is 22.0. The first-order chi connectivity index (χ1) is 12.3. The van der Waals surface area contributed by atoms with Crippen molar-refractivity contribution >= 4 is 27.7 Å². The van der Waals surface area contributed by atoms with Crippen molar-refractivity contribution in [3.05, 3.63) is 29.8 Å². The molecule has 1 saturated heterocycles. The molecule has 1 aromatic rings. The van der Waals surface area contributed by atoms with Crippen LogP contribution in [-0.2, 0) is 14.8 Å². The number of carbonyl (C=O) groups excluding carboxylic acids is 1. The van der Waals surface area contributed by atoms with Crippen molar-refractivity contribution in [2.75, 3.05) is 25.1 Å². The highest BCUT2D eigenvalue weighted by Crippen LogP contribution is 2.14. The summed E-state index contributed by atoms with van der Waals surface area (Å²) in [6.45, 7) is 5.71. The van der Waals surface area contributed by atoms with Crippen LogP contribution in [0.4, 0.5) is 0 Å². The molecule has 1 heterocycles. The number of benzene rings is 1. The first-order valence-electron chi connectivity index (χ1n) is 8.92. The average Bonchev–Trinajstić information content (AvgIpc) is 2.60. The zero-order chi connectivity index (χ0) is 19.2. The van der Waals surface area contributed by atoms with E-state index in [1.807, 2.05) is 13.2 Å². The Morgan fingerprint density at radius 1 is 1.35 bits per heavy atom. The van der Waals surface area contributed by atoms with Gasteiger partial charge in [0.15, 0.2) is 0 Å². The molecule has 3 unspecified atom stereocenters. The van der Waals surface area contributed by atoms with Gasteiger partial charge in [-0.15, -0.1) is 0 Å². The molecule has 0 aromatic heterocycles. The molecular weight excluding hydrogens is 370 g/mol. The summed E-state index contributed by atoms with van der Waals surface area (Å²) in [5.41, 5.74) is 0.987. The summed E-state index contributed by atoms with van der Waals surface area (Å²) in [7, 11) is -3.74. The van der Waals surface area contributed by atoms with Crippen LogP contribution in [0.2, 0.25) is 0 Å². The number of nitrogens with one attached hydrogen (secondary N) is 3. The van der Waals surface area contributed by atoms with Crippen molar-refractivity contribution < 1.29 is 13.2 Å². The van der Waals surface area contributed by atoms with Gasteiger partial charge in [0.05, 0.1) is 4.90 Å². The average molecular weight is 400 g/mol. The molecule has 0 spiro atoms. The van der Waals surface area contributed by atoms with Crippen molar-refractivity contribution in [3.63, 3.8) is 0 Å². The molecule has 0 saturated carbocycles. The Morgan fingerprint density at radius 3 is 2.65 bits per heavy atom. The van der Waals surface area contributed by atoms with Gasteiger partial charge in [-0.25, -0.2) is 8.42 Å². The number of piperidine rings is 1. The first kappa shape index (κ1) is 21.2. The van der Waals surface area contributed by atoms with Crippen LogP contribution in [0.15, 0.2) is 29.2 Å². The van der Waals surface area contributed by atoms with E-state index in [2.05, 4.69) is 22.3 Å². The maximum atomic E-state index is 12.8. The van der Waals surface area contributed by atoms with Gasteiger partial charge in [0, 0.05) is 6.04 Å². The number of sulfonamides is 1. The monoisotopic (exact) mass is 399 g/mol. The van der Waals surface area contributed by atoms with Crippen molar-refractivity contribution in [1.29, 1.82) is 0 Å². The van der Waals surface area contributed by atoms with Crippen molar-refractivity contribution in [3.8, 4) is 0 Å². The van der Waals surface area contributed by atoms with Gasteiger partial charge in [0.25, 0.3) is 0 Å². The Morgan fingerprint density at radius 2 is 2.04 bits per heavy atom. The minimum Gasteiger partial charge on any atom is -0.352 e. The van der Waals surface area contributed by atoms with Crippen LogP contribution in [0.1, 0.15) is 25.3 Å². The van der Waals surface area contributed by atoms with E-state index in [4.69, 9.17) is 0 Å². The lowest BCUT2D eigenvalue weighted by Crippen LogP contribution is -2.54. The van der Waals surface area contributed by atoms with E-state index in [9.17, 15) is 13.2 Å². The summed E-state index contributed by atoms with van der Waals surface area (Å²) in [5, 5.41) is 6.35. The van der Waals surface area contributed by atoms with Crippen LogP contribution in [0.5, 0.6) is 0 Å². The molecular formula is C18H29N3O3S2. The van der Waals surface area contributed by atoms with Crippen LogP contribution in [0, 0.1) is 12.8 Å². The predicted octanol–water partition coefficient (Wildman–Crippen LogP) is 1.51. The fraction of sp³-hybridized carbons (Fsp3) is 0.611. The highest BCUT2D eigenvalue weighted by molar-refractivity contribution is 7.98. The minimum absolute atomic E-state index is 0.0735. The molecule has 3 N–H and O–H groups in total. The van der Waals surface area contributed by atoms with Crippen LogP contribution >= 0.6 is 11.8 Å². The van der Waals surface area contributed by atoms with E-state index < -0.39 is 16.1 Å². The Labute approximate surface area is 160 Å². The Kier molecular flexibility index (Phi) is 7.94. The van der Waals surface area contributed by atoms with Crippen molar-refractivity contribution in [2.24, 2.45) is 5.92 Å². The topological polar surface area (TPSA) is 87.3 Å². The van der Waals surface area contributed by atoms with Gasteiger partial charge >= 0.3 is 0 Å². The van der Waals surface area contributed by atoms with E-state index >= 15 is 0 Å². The lowest BCUT2D eigenvalue weighted by atomic mass is 9.95. The van der Waals surface area contributed by atoms with Gasteiger partial charge < -0.3 is 10.6 Å². The smallest absolute Gasteiger partial charge is 0.241 e. The largest absolute Gasteiger partial charge is 0.352 e. The van der Waals surface area contributed by atoms with Gasteiger partial charge in [-0.05, 0) is 62.9 Å². The van der Waals surface area contributed by atoms with Gasteiger partial charge in [-0.3, -0.25) is 4.79 Å². The number of thioether (sulfide) groups is 1. The molecule has 1 aliphatic rings. The second-order valence-electron chi connectivity index (χ2n) is 6.85. The molecule has 1 aromatic carbocycles. The number of amides is 1. The van der Waals surface area contributed by atoms with Crippen LogP contribution in [-0.4, -0.2) is 51.5 Å². The standard InChI is InChI=1S/C18H29N3O3S2/c1-13-4-6-15(7-5-13)26(23,24)21-17(9-11-25-3)18(22)20-16-8-10-19-12-14(16)2/h4-7,14,16-17,19,21H,8-12H2,1-3H3,(H,20,22). The zero-order valence-corrected chi connectivity index (χ0v) is 17.3. The Balaban J connectivity index is 2.10. The molecule has 6 nitrogen and oxygen atoms in total. The molecule has 2 rings (SSSR count). The zero-order valence-electron chi connectivity index (χ0n) is 15.6. The SMILES string of the molecule is CSCCC(NS(=O)(=O)c1ccc(C)cc1)C(=O)NC1CCNCC1C. The highest BCUT2D eigenvalue weighted by atomic mass is 32.2. The molecule has 0 bridgehead atoms. The number of carbonyl (C=O) groups is 1. The van der Waals surface area contributed by atoms with E-state index in [1.165, 1.54) is 0 Å². The number of aryl methyl sites for hydroxylation is 1. The first-order valence-corrected chi connectivity index (χ1v) is 11.8. The predicted molar refractivity (Wildman–Crippen MR) is 107 cm³/mol. The van der Waals surface area contributed by atoms with Crippen molar-refractivity contribution in [2.45, 2.75) is 43.7 Å². The minimum atomic E-state index is -3.74. The quantitative estimate of drug-likeness (QED) is 0.617. The lowest BCUT2D eigenvalue weighted by Gasteiger charge is -2.31.